The molecule has 4 aliphatic carbocycles. The van der Waals surface area contributed by atoms with Gasteiger partial charge >= 0.3 is 12.1 Å². The number of nitrogens with two attached hydrogens (primary N) is 1. The number of aliphatic carboxylic acids is 1. The van der Waals surface area contributed by atoms with Gasteiger partial charge in [0.1, 0.15) is 0 Å². The third kappa shape index (κ3) is 3.31. The van der Waals surface area contributed by atoms with Crippen LogP contribution in [-0.2, 0) is 9.53 Å². The lowest BCUT2D eigenvalue weighted by Gasteiger charge is -2.56. The molecule has 4 rings (SSSR count). The topological polar surface area (TPSA) is 102 Å². The summed E-state index contributed by atoms with van der Waals surface area (Å²) >= 11 is 0. The highest BCUT2D eigenvalue weighted by Gasteiger charge is 2.51. The first-order valence-electron chi connectivity index (χ1n) is 7.85. The maximum Gasteiger partial charge on any atom is 0.408 e. The SMILES string of the molecule is NC(CC(=O)O)NC(=O)OCC12CC3CC(CC(C3)C1)C2. The summed E-state index contributed by atoms with van der Waals surface area (Å²) in [7, 11) is 0. The van der Waals surface area contributed by atoms with Crippen molar-refractivity contribution >= 4 is 12.1 Å². The van der Waals surface area contributed by atoms with E-state index in [2.05, 4.69) is 5.32 Å². The Morgan fingerprint density at radius 3 is 2.19 bits per heavy atom. The van der Waals surface area contributed by atoms with E-state index in [0.717, 1.165) is 17.8 Å². The van der Waals surface area contributed by atoms with Crippen LogP contribution in [0.5, 0.6) is 0 Å². The number of carboxylic acid groups (broad SMARTS) is 1. The number of alkyl carbamates (subject to hydrolysis) is 1. The first kappa shape index (κ1) is 14.6. The number of ether oxygens (including phenoxy) is 1. The van der Waals surface area contributed by atoms with E-state index in [1.54, 1.807) is 0 Å². The molecule has 0 saturated heterocycles. The molecule has 0 aliphatic heterocycles. The average Bonchev–Trinajstić information content (AvgIpc) is 2.33. The molecular formula is C15H24N2O4. The molecule has 4 bridgehead atoms. The molecule has 1 amide bonds. The molecule has 0 heterocycles. The highest BCUT2D eigenvalue weighted by molar-refractivity contribution is 5.71. The van der Waals surface area contributed by atoms with Crippen LogP contribution in [0.15, 0.2) is 0 Å². The first-order valence-corrected chi connectivity index (χ1v) is 7.85. The lowest BCUT2D eigenvalue weighted by atomic mass is 9.50. The Hall–Kier alpha value is -1.30. The zero-order valence-corrected chi connectivity index (χ0v) is 12.2. The van der Waals surface area contributed by atoms with Gasteiger partial charge in [-0.3, -0.25) is 4.79 Å². The number of rotatable bonds is 5. The van der Waals surface area contributed by atoms with E-state index in [4.69, 9.17) is 15.6 Å². The van der Waals surface area contributed by atoms with Crippen molar-refractivity contribution in [1.82, 2.24) is 5.32 Å². The third-order valence-corrected chi connectivity index (χ3v) is 5.37. The van der Waals surface area contributed by atoms with E-state index in [1.807, 2.05) is 0 Å². The Kier molecular flexibility index (Phi) is 3.82. The molecule has 0 aromatic heterocycles. The molecule has 118 valence electrons. The summed E-state index contributed by atoms with van der Waals surface area (Å²) in [5.74, 6) is 1.41. The fourth-order valence-corrected chi connectivity index (χ4v) is 5.12. The van der Waals surface area contributed by atoms with Gasteiger partial charge in [-0.15, -0.1) is 0 Å². The molecule has 4 N–H and O–H groups in total. The third-order valence-electron chi connectivity index (χ3n) is 5.37. The normalized spacial score (nSPS) is 38.0. The molecule has 1 unspecified atom stereocenters. The summed E-state index contributed by atoms with van der Waals surface area (Å²) in [4.78, 5) is 22.2. The lowest BCUT2D eigenvalue weighted by Crippen LogP contribution is -2.49. The number of carbonyl (C=O) groups excluding carboxylic acids is 1. The van der Waals surface area contributed by atoms with Gasteiger partial charge in [0, 0.05) is 5.41 Å². The van der Waals surface area contributed by atoms with Crippen molar-refractivity contribution in [2.75, 3.05) is 6.61 Å². The number of hydrogen-bond donors (Lipinski definition) is 3. The van der Waals surface area contributed by atoms with Crippen LogP contribution < -0.4 is 11.1 Å². The highest BCUT2D eigenvalue weighted by Crippen LogP contribution is 2.59. The molecule has 0 radical (unpaired) electrons. The molecule has 4 fully saturated rings. The van der Waals surface area contributed by atoms with Crippen LogP contribution in [0.1, 0.15) is 44.9 Å². The van der Waals surface area contributed by atoms with E-state index in [9.17, 15) is 9.59 Å². The molecule has 6 nitrogen and oxygen atoms in total. The van der Waals surface area contributed by atoms with Crippen LogP contribution in [0.2, 0.25) is 0 Å². The van der Waals surface area contributed by atoms with Crippen LogP contribution in [0.4, 0.5) is 4.79 Å². The van der Waals surface area contributed by atoms with Crippen LogP contribution in [-0.4, -0.2) is 29.9 Å². The van der Waals surface area contributed by atoms with Gasteiger partial charge in [-0.25, -0.2) is 4.79 Å². The monoisotopic (exact) mass is 296 g/mol. The minimum Gasteiger partial charge on any atom is -0.481 e. The smallest absolute Gasteiger partial charge is 0.408 e. The summed E-state index contributed by atoms with van der Waals surface area (Å²) in [6.45, 7) is 0.447. The van der Waals surface area contributed by atoms with Crippen LogP contribution in [0, 0.1) is 23.2 Å². The minimum atomic E-state index is -1.04. The zero-order valence-electron chi connectivity index (χ0n) is 12.2. The second-order valence-electron chi connectivity index (χ2n) is 7.34. The second kappa shape index (κ2) is 5.48. The van der Waals surface area contributed by atoms with Crippen molar-refractivity contribution < 1.29 is 19.4 Å². The summed E-state index contributed by atoms with van der Waals surface area (Å²) in [5, 5.41) is 11.0. The van der Waals surface area contributed by atoms with Gasteiger partial charge in [0.15, 0.2) is 0 Å². The minimum absolute atomic E-state index is 0.170. The fourth-order valence-electron chi connectivity index (χ4n) is 5.12. The van der Waals surface area contributed by atoms with Gasteiger partial charge in [0.05, 0.1) is 19.2 Å². The Balaban J connectivity index is 1.49. The van der Waals surface area contributed by atoms with Crippen LogP contribution in [0.3, 0.4) is 0 Å². The van der Waals surface area contributed by atoms with E-state index in [1.165, 1.54) is 38.5 Å². The molecule has 4 aliphatic rings. The lowest BCUT2D eigenvalue weighted by molar-refractivity contribution is -0.137. The summed E-state index contributed by atoms with van der Waals surface area (Å²) in [5.41, 5.74) is 5.69. The molecule has 0 aromatic rings. The van der Waals surface area contributed by atoms with Crippen molar-refractivity contribution in [1.29, 1.82) is 0 Å². The number of hydrogen-bond acceptors (Lipinski definition) is 4. The molecule has 4 saturated carbocycles. The zero-order chi connectivity index (χ0) is 15.0. The largest absolute Gasteiger partial charge is 0.481 e. The van der Waals surface area contributed by atoms with Gasteiger partial charge in [-0.2, -0.15) is 0 Å². The Labute approximate surface area is 124 Å². The predicted octanol–water partition coefficient (Wildman–Crippen LogP) is 1.69. The Bertz CT molecular complexity index is 402. The molecular weight excluding hydrogens is 272 g/mol. The maximum atomic E-state index is 11.7. The van der Waals surface area contributed by atoms with E-state index < -0.39 is 18.2 Å². The summed E-state index contributed by atoms with van der Waals surface area (Å²) < 4.78 is 5.36. The summed E-state index contributed by atoms with van der Waals surface area (Å²) in [6.07, 6.45) is 5.80. The average molecular weight is 296 g/mol. The number of nitrogens with one attached hydrogen (secondary N) is 1. The Morgan fingerprint density at radius 1 is 1.19 bits per heavy atom. The van der Waals surface area contributed by atoms with Gasteiger partial charge in [0.25, 0.3) is 0 Å². The van der Waals surface area contributed by atoms with Gasteiger partial charge < -0.3 is 20.9 Å². The van der Waals surface area contributed by atoms with Gasteiger partial charge in [-0.05, 0) is 56.3 Å². The second-order valence-corrected chi connectivity index (χ2v) is 7.34. The number of amides is 1. The Morgan fingerprint density at radius 2 is 1.71 bits per heavy atom. The van der Waals surface area contributed by atoms with Crippen LogP contribution in [0.25, 0.3) is 0 Å². The molecule has 1 atom stereocenters. The van der Waals surface area contributed by atoms with Crippen molar-refractivity contribution in [2.24, 2.45) is 28.9 Å². The van der Waals surface area contributed by atoms with Crippen molar-refractivity contribution in [3.8, 4) is 0 Å². The van der Waals surface area contributed by atoms with Crippen molar-refractivity contribution in [2.45, 2.75) is 51.1 Å². The van der Waals surface area contributed by atoms with Crippen molar-refractivity contribution in [3.05, 3.63) is 0 Å². The van der Waals surface area contributed by atoms with E-state index in [-0.39, 0.29) is 11.8 Å². The highest BCUT2D eigenvalue weighted by atomic mass is 16.5. The standard InChI is InChI=1S/C15H24N2O4/c16-12(4-13(18)19)17-14(20)21-8-15-5-9-1-10(6-15)3-11(2-9)7-15/h9-12H,1-8,16H2,(H,17,20)(H,18,19). The summed E-state index contributed by atoms with van der Waals surface area (Å²) in [6, 6.07) is 0. The fraction of sp³-hybridized carbons (Fsp3) is 0.867. The molecule has 0 aromatic carbocycles. The molecule has 0 spiro atoms. The first-order chi connectivity index (χ1) is 9.94. The number of carbonyl (C=O) groups is 2. The quantitative estimate of drug-likeness (QED) is 0.670. The van der Waals surface area contributed by atoms with Gasteiger partial charge in [-0.1, -0.05) is 0 Å². The molecule has 6 heteroatoms. The number of carboxylic acids is 1. The van der Waals surface area contributed by atoms with E-state index >= 15 is 0 Å². The van der Waals surface area contributed by atoms with Crippen molar-refractivity contribution in [3.63, 3.8) is 0 Å². The van der Waals surface area contributed by atoms with Gasteiger partial charge in [0.2, 0.25) is 0 Å². The molecule has 21 heavy (non-hydrogen) atoms. The maximum absolute atomic E-state index is 11.7. The van der Waals surface area contributed by atoms with Crippen LogP contribution >= 0.6 is 0 Å². The van der Waals surface area contributed by atoms with E-state index in [0.29, 0.717) is 6.61 Å². The predicted molar refractivity (Wildman–Crippen MR) is 75.3 cm³/mol.